The molecule has 7 nitrogen and oxygen atoms in total. The number of benzene rings is 2. The number of nitrogens with zero attached hydrogens (tertiary/aromatic N) is 3. The lowest BCUT2D eigenvalue weighted by atomic mass is 10.1. The highest BCUT2D eigenvalue weighted by molar-refractivity contribution is 6.01. The fourth-order valence-corrected chi connectivity index (χ4v) is 2.94. The molecule has 7 heteroatoms. The third kappa shape index (κ3) is 5.20. The Labute approximate surface area is 176 Å². The highest BCUT2D eigenvalue weighted by Crippen LogP contribution is 2.25. The number of nitrogens with one attached hydrogen (secondary N) is 1. The van der Waals surface area contributed by atoms with Crippen molar-refractivity contribution in [3.8, 4) is 11.5 Å². The molecule has 0 aliphatic heterocycles. The van der Waals surface area contributed by atoms with Crippen molar-refractivity contribution in [3.63, 3.8) is 0 Å². The van der Waals surface area contributed by atoms with Crippen LogP contribution in [-0.2, 0) is 11.3 Å². The first-order valence-electron chi connectivity index (χ1n) is 9.49. The second kappa shape index (κ2) is 9.65. The number of amides is 1. The Morgan fingerprint density at radius 2 is 1.87 bits per heavy atom. The maximum absolute atomic E-state index is 12.4. The number of anilines is 2. The maximum atomic E-state index is 12.4. The molecule has 3 aromatic rings. The zero-order valence-electron chi connectivity index (χ0n) is 17.6. The van der Waals surface area contributed by atoms with E-state index in [9.17, 15) is 4.79 Å². The van der Waals surface area contributed by atoms with Gasteiger partial charge < -0.3 is 19.7 Å². The van der Waals surface area contributed by atoms with E-state index in [1.54, 1.807) is 49.4 Å². The van der Waals surface area contributed by atoms with Crippen LogP contribution in [0, 0.1) is 0 Å². The molecule has 2 aromatic carbocycles. The first-order valence-corrected chi connectivity index (χ1v) is 9.49. The van der Waals surface area contributed by atoms with E-state index in [1.807, 2.05) is 25.1 Å². The summed E-state index contributed by atoms with van der Waals surface area (Å²) in [7, 11) is 7.19. The highest BCUT2D eigenvalue weighted by atomic mass is 16.5. The molecule has 1 N–H and O–H groups in total. The van der Waals surface area contributed by atoms with E-state index >= 15 is 0 Å². The molecule has 30 heavy (non-hydrogen) atoms. The van der Waals surface area contributed by atoms with Crippen LogP contribution in [0.3, 0.4) is 0 Å². The van der Waals surface area contributed by atoms with Gasteiger partial charge in [-0.3, -0.25) is 4.79 Å². The largest absolute Gasteiger partial charge is 0.497 e. The molecule has 0 spiro atoms. The average Bonchev–Trinajstić information content (AvgIpc) is 3.18. The predicted molar refractivity (Wildman–Crippen MR) is 119 cm³/mol. The Bertz CT molecular complexity index is 1020. The van der Waals surface area contributed by atoms with E-state index in [0.29, 0.717) is 23.9 Å². The summed E-state index contributed by atoms with van der Waals surface area (Å²) < 4.78 is 12.3. The van der Waals surface area contributed by atoms with Crippen LogP contribution in [0.25, 0.3) is 6.08 Å². The van der Waals surface area contributed by atoms with Gasteiger partial charge in [0.25, 0.3) is 0 Å². The van der Waals surface area contributed by atoms with Crippen LogP contribution >= 0.6 is 0 Å². The molecule has 0 aliphatic carbocycles. The van der Waals surface area contributed by atoms with Crippen LogP contribution in [0.15, 0.2) is 60.8 Å². The quantitative estimate of drug-likeness (QED) is 0.578. The van der Waals surface area contributed by atoms with Crippen LogP contribution in [0.2, 0.25) is 0 Å². The van der Waals surface area contributed by atoms with Gasteiger partial charge in [0.05, 0.1) is 27.0 Å². The number of methoxy groups -OCH3 is 2. The minimum absolute atomic E-state index is 0.260. The molecular formula is C23H26N4O3. The van der Waals surface area contributed by atoms with E-state index in [0.717, 1.165) is 16.8 Å². The van der Waals surface area contributed by atoms with Crippen molar-refractivity contribution in [3.05, 3.63) is 71.9 Å². The molecule has 0 aliphatic rings. The minimum atomic E-state index is -0.260. The minimum Gasteiger partial charge on any atom is -0.497 e. The number of carbonyl (C=O) groups is 1. The smallest absolute Gasteiger partial charge is 0.249 e. The molecule has 0 atom stereocenters. The molecule has 0 radical (unpaired) electrons. The summed E-state index contributed by atoms with van der Waals surface area (Å²) in [6.07, 6.45) is 4.82. The van der Waals surface area contributed by atoms with Gasteiger partial charge in [-0.2, -0.15) is 5.10 Å². The summed E-state index contributed by atoms with van der Waals surface area (Å²) in [5, 5.41) is 7.19. The van der Waals surface area contributed by atoms with E-state index in [-0.39, 0.29) is 5.91 Å². The van der Waals surface area contributed by atoms with Crippen LogP contribution < -0.4 is 19.7 Å². The average molecular weight is 406 g/mol. The van der Waals surface area contributed by atoms with Gasteiger partial charge in [-0.05, 0) is 42.0 Å². The van der Waals surface area contributed by atoms with Crippen molar-refractivity contribution in [1.82, 2.24) is 9.78 Å². The molecule has 0 saturated heterocycles. The van der Waals surface area contributed by atoms with Gasteiger partial charge in [-0.1, -0.05) is 12.1 Å². The summed E-state index contributed by atoms with van der Waals surface area (Å²) in [5.41, 5.74) is 2.98. The summed E-state index contributed by atoms with van der Waals surface area (Å²) >= 11 is 0. The van der Waals surface area contributed by atoms with Crippen molar-refractivity contribution >= 4 is 23.5 Å². The van der Waals surface area contributed by atoms with Crippen molar-refractivity contribution in [2.75, 3.05) is 38.5 Å². The Kier molecular flexibility index (Phi) is 6.75. The number of carbonyl (C=O) groups excluding carboxylic acids is 1. The number of ether oxygens (including phenoxy) is 2. The van der Waals surface area contributed by atoms with Crippen LogP contribution in [0.1, 0.15) is 11.1 Å². The molecule has 1 aromatic heterocycles. The van der Waals surface area contributed by atoms with Crippen molar-refractivity contribution in [2.45, 2.75) is 6.54 Å². The molecule has 156 valence electrons. The van der Waals surface area contributed by atoms with E-state index in [2.05, 4.69) is 34.7 Å². The lowest BCUT2D eigenvalue weighted by molar-refractivity contribution is -0.111. The van der Waals surface area contributed by atoms with Crippen LogP contribution in [0.4, 0.5) is 11.5 Å². The van der Waals surface area contributed by atoms with Crippen molar-refractivity contribution in [2.24, 2.45) is 0 Å². The summed E-state index contributed by atoms with van der Waals surface area (Å²) in [5.74, 6) is 1.71. The molecule has 0 fully saturated rings. The van der Waals surface area contributed by atoms with E-state index in [4.69, 9.17) is 9.47 Å². The van der Waals surface area contributed by atoms with Gasteiger partial charge in [0.2, 0.25) is 5.91 Å². The van der Waals surface area contributed by atoms with Crippen LogP contribution in [-0.4, -0.2) is 44.0 Å². The summed E-state index contributed by atoms with van der Waals surface area (Å²) in [6, 6.07) is 15.4. The zero-order chi connectivity index (χ0) is 21.5. The molecule has 0 bridgehead atoms. The number of hydrogen-bond donors (Lipinski definition) is 1. The fourth-order valence-electron chi connectivity index (χ4n) is 2.94. The standard InChI is InChI=1S/C23H26N4O3/c1-26(2)19-8-5-17(6-9-19)16-27-22(13-14-24-27)25-23(28)12-7-18-15-20(29-3)10-11-21(18)30-4/h5-15H,16H2,1-4H3,(H,25,28)/b12-7+. The number of hydrogen-bond acceptors (Lipinski definition) is 5. The normalized spacial score (nSPS) is 10.8. The lowest BCUT2D eigenvalue weighted by Crippen LogP contribution is -2.14. The van der Waals surface area contributed by atoms with Crippen LogP contribution in [0.5, 0.6) is 11.5 Å². The number of rotatable bonds is 8. The lowest BCUT2D eigenvalue weighted by Gasteiger charge is -2.13. The summed E-state index contributed by atoms with van der Waals surface area (Å²) in [4.78, 5) is 14.5. The van der Waals surface area contributed by atoms with Gasteiger partial charge in [-0.15, -0.1) is 0 Å². The molecule has 0 saturated carbocycles. The molecule has 3 rings (SSSR count). The monoisotopic (exact) mass is 406 g/mol. The van der Waals surface area contributed by atoms with E-state index in [1.165, 1.54) is 6.08 Å². The Balaban J connectivity index is 1.68. The fraction of sp³-hybridized carbons (Fsp3) is 0.217. The summed E-state index contributed by atoms with van der Waals surface area (Å²) in [6.45, 7) is 0.559. The SMILES string of the molecule is COc1ccc(OC)c(/C=C/C(=O)Nc2ccnn2Cc2ccc(N(C)C)cc2)c1. The number of aromatic nitrogens is 2. The molecular weight excluding hydrogens is 380 g/mol. The van der Waals surface area contributed by atoms with Gasteiger partial charge in [-0.25, -0.2) is 4.68 Å². The topological polar surface area (TPSA) is 68.6 Å². The highest BCUT2D eigenvalue weighted by Gasteiger charge is 2.07. The molecule has 1 amide bonds. The van der Waals surface area contributed by atoms with Gasteiger partial charge in [0, 0.05) is 37.5 Å². The van der Waals surface area contributed by atoms with E-state index < -0.39 is 0 Å². The predicted octanol–water partition coefficient (Wildman–Crippen LogP) is 3.67. The Morgan fingerprint density at radius 1 is 1.10 bits per heavy atom. The van der Waals surface area contributed by atoms with Crippen molar-refractivity contribution in [1.29, 1.82) is 0 Å². The first kappa shape index (κ1) is 21.0. The molecule has 1 heterocycles. The third-order valence-electron chi connectivity index (χ3n) is 4.60. The van der Waals surface area contributed by atoms with Gasteiger partial charge in [0.1, 0.15) is 17.3 Å². The maximum Gasteiger partial charge on any atom is 0.249 e. The van der Waals surface area contributed by atoms with Gasteiger partial charge in [0.15, 0.2) is 0 Å². The second-order valence-corrected chi connectivity index (χ2v) is 6.87. The van der Waals surface area contributed by atoms with Crippen molar-refractivity contribution < 1.29 is 14.3 Å². The Hall–Kier alpha value is -3.74. The second-order valence-electron chi connectivity index (χ2n) is 6.87. The Morgan fingerprint density at radius 3 is 2.53 bits per heavy atom. The first-order chi connectivity index (χ1) is 14.5. The van der Waals surface area contributed by atoms with Gasteiger partial charge >= 0.3 is 0 Å². The molecule has 0 unspecified atom stereocenters. The zero-order valence-corrected chi connectivity index (χ0v) is 17.6. The third-order valence-corrected chi connectivity index (χ3v) is 4.60.